The van der Waals surface area contributed by atoms with Gasteiger partial charge in [0.1, 0.15) is 11.3 Å². The number of carbonyl (C=O) groups excluding carboxylic acids is 1. The molecule has 0 aliphatic heterocycles. The van der Waals surface area contributed by atoms with Crippen LogP contribution >= 0.6 is 0 Å². The van der Waals surface area contributed by atoms with Crippen LogP contribution < -0.4 is 19.8 Å². The van der Waals surface area contributed by atoms with E-state index in [1.165, 1.54) is 67.6 Å². The van der Waals surface area contributed by atoms with Crippen LogP contribution in [0.2, 0.25) is 0 Å². The second-order valence-corrected chi connectivity index (χ2v) is 9.16. The zero-order chi connectivity index (χ0) is 29.3. The summed E-state index contributed by atoms with van der Waals surface area (Å²) in [6.07, 6.45) is 2.61. The quantitative estimate of drug-likeness (QED) is 0.236. The Bertz CT molecular complexity index is 1870. The molecule has 0 aliphatic carbocycles. The van der Waals surface area contributed by atoms with Gasteiger partial charge in [-0.25, -0.2) is 18.7 Å². The number of ketones is 1. The first-order valence-electron chi connectivity index (χ1n) is 12.4. The van der Waals surface area contributed by atoms with Gasteiger partial charge in [-0.2, -0.15) is 0 Å². The molecule has 0 aliphatic rings. The first kappa shape index (κ1) is 27.4. The van der Waals surface area contributed by atoms with Gasteiger partial charge in [-0.3, -0.25) is 19.1 Å². The van der Waals surface area contributed by atoms with Gasteiger partial charge in [-0.1, -0.05) is 6.07 Å². The van der Waals surface area contributed by atoms with Crippen LogP contribution in [0.25, 0.3) is 16.7 Å². The third kappa shape index (κ3) is 5.33. The van der Waals surface area contributed by atoms with Crippen molar-refractivity contribution in [1.82, 2.24) is 19.5 Å². The van der Waals surface area contributed by atoms with Gasteiger partial charge in [0.15, 0.2) is 34.5 Å². The number of Topliss-reactive ketones (excluding diaryl/α,β-unsaturated/α-hetero) is 1. The number of fused-ring (bicyclic) bond motifs is 1. The Morgan fingerprint density at radius 2 is 1.73 bits per heavy atom. The Balaban J connectivity index is 1.41. The molecule has 0 bridgehead atoms. The lowest BCUT2D eigenvalue weighted by Crippen LogP contribution is -2.29. The molecule has 11 heteroatoms. The number of ether oxygens (including phenoxy) is 3. The number of methoxy groups -OCH3 is 2. The van der Waals surface area contributed by atoms with Crippen LogP contribution in [0.15, 0.2) is 65.7 Å². The molecule has 3 heterocycles. The Labute approximate surface area is 233 Å². The predicted octanol–water partition coefficient (Wildman–Crippen LogP) is 5.31. The summed E-state index contributed by atoms with van der Waals surface area (Å²) in [5, 5.41) is 0. The number of nitrogens with zero attached hydrogens (tertiary/aromatic N) is 4. The Kier molecular flexibility index (Phi) is 7.43. The predicted molar refractivity (Wildman–Crippen MR) is 146 cm³/mol. The number of carbonyl (C=O) groups is 1. The number of hydrogen-bond acceptors (Lipinski definition) is 8. The van der Waals surface area contributed by atoms with Crippen LogP contribution in [0.5, 0.6) is 23.1 Å². The first-order valence-corrected chi connectivity index (χ1v) is 12.4. The second-order valence-electron chi connectivity index (χ2n) is 9.16. The maximum atomic E-state index is 15.1. The fourth-order valence-electron chi connectivity index (χ4n) is 4.41. The molecular formula is C30H24F2N4O5. The molecule has 3 aromatic heterocycles. The lowest BCUT2D eigenvalue weighted by atomic mass is 10.1. The Morgan fingerprint density at radius 1 is 0.927 bits per heavy atom. The standard InChI is InChI=1S/C30H24F2N4O5/c1-16-11-19(31)6-7-22(16)36-17(2)15-34-28(30(36)38)23(37)13-18-5-8-24(20(32)12-18)41-25-9-10-33-21-14-26(39-3)29(40-4)35-27(21)25/h5-12,14-15H,13H2,1-4H3. The maximum absolute atomic E-state index is 15.1. The minimum Gasteiger partial charge on any atom is -0.491 e. The van der Waals surface area contributed by atoms with E-state index in [9.17, 15) is 14.0 Å². The van der Waals surface area contributed by atoms with Gasteiger partial charge in [0.2, 0.25) is 0 Å². The highest BCUT2D eigenvalue weighted by Crippen LogP contribution is 2.34. The van der Waals surface area contributed by atoms with Crippen molar-refractivity contribution in [3.63, 3.8) is 0 Å². The number of benzene rings is 2. The summed E-state index contributed by atoms with van der Waals surface area (Å²) in [6, 6.07) is 11.2. The number of hydrogen-bond donors (Lipinski definition) is 0. The minimum absolute atomic E-state index is 0.104. The molecule has 41 heavy (non-hydrogen) atoms. The molecule has 5 rings (SSSR count). The van der Waals surface area contributed by atoms with Crippen molar-refractivity contribution in [2.24, 2.45) is 0 Å². The van der Waals surface area contributed by atoms with Gasteiger partial charge in [0.05, 0.1) is 25.4 Å². The molecule has 0 radical (unpaired) electrons. The van der Waals surface area contributed by atoms with E-state index in [0.29, 0.717) is 39.3 Å². The molecular weight excluding hydrogens is 534 g/mol. The van der Waals surface area contributed by atoms with Crippen LogP contribution in [0, 0.1) is 25.5 Å². The van der Waals surface area contributed by atoms with Crippen molar-refractivity contribution in [2.75, 3.05) is 14.2 Å². The highest BCUT2D eigenvalue weighted by Gasteiger charge is 2.20. The monoisotopic (exact) mass is 558 g/mol. The van der Waals surface area contributed by atoms with Gasteiger partial charge in [-0.05, 0) is 55.3 Å². The normalized spacial score (nSPS) is 11.0. The van der Waals surface area contributed by atoms with E-state index in [4.69, 9.17) is 14.2 Å². The van der Waals surface area contributed by atoms with Gasteiger partial charge >= 0.3 is 0 Å². The third-order valence-electron chi connectivity index (χ3n) is 6.40. The maximum Gasteiger partial charge on any atom is 0.284 e. The molecule has 0 amide bonds. The number of aryl methyl sites for hydroxylation is 2. The van der Waals surface area contributed by atoms with Crippen molar-refractivity contribution in [1.29, 1.82) is 0 Å². The van der Waals surface area contributed by atoms with Crippen molar-refractivity contribution >= 4 is 16.8 Å². The van der Waals surface area contributed by atoms with E-state index in [2.05, 4.69) is 15.0 Å². The van der Waals surface area contributed by atoms with Crippen LogP contribution in [0.3, 0.4) is 0 Å². The number of halogens is 2. The van der Waals surface area contributed by atoms with Crippen LogP contribution in [0.1, 0.15) is 27.3 Å². The number of pyridine rings is 2. The van der Waals surface area contributed by atoms with Crippen LogP contribution in [-0.4, -0.2) is 39.5 Å². The summed E-state index contributed by atoms with van der Waals surface area (Å²) in [7, 11) is 2.92. The summed E-state index contributed by atoms with van der Waals surface area (Å²) >= 11 is 0. The largest absolute Gasteiger partial charge is 0.491 e. The van der Waals surface area contributed by atoms with Crippen molar-refractivity contribution in [3.05, 3.63) is 105 Å². The summed E-state index contributed by atoms with van der Waals surface area (Å²) < 4.78 is 46.4. The zero-order valence-electron chi connectivity index (χ0n) is 22.6. The third-order valence-corrected chi connectivity index (χ3v) is 6.40. The van der Waals surface area contributed by atoms with Gasteiger partial charge in [0, 0.05) is 36.6 Å². The van der Waals surface area contributed by atoms with E-state index in [0.717, 1.165) is 6.07 Å². The molecule has 5 aromatic rings. The lowest BCUT2D eigenvalue weighted by molar-refractivity contribution is 0.0986. The second kappa shape index (κ2) is 11.1. The first-order chi connectivity index (χ1) is 19.7. The minimum atomic E-state index is -0.725. The van der Waals surface area contributed by atoms with Crippen molar-refractivity contribution in [2.45, 2.75) is 20.3 Å². The fourth-order valence-corrected chi connectivity index (χ4v) is 4.41. The van der Waals surface area contributed by atoms with Crippen molar-refractivity contribution < 1.29 is 27.8 Å². The molecule has 0 saturated heterocycles. The Morgan fingerprint density at radius 3 is 2.44 bits per heavy atom. The van der Waals surface area contributed by atoms with Crippen LogP contribution in [-0.2, 0) is 6.42 Å². The van der Waals surface area contributed by atoms with E-state index < -0.39 is 23.0 Å². The smallest absolute Gasteiger partial charge is 0.284 e. The molecule has 9 nitrogen and oxygen atoms in total. The average Bonchev–Trinajstić information content (AvgIpc) is 2.94. The molecule has 208 valence electrons. The summed E-state index contributed by atoms with van der Waals surface area (Å²) in [6.45, 7) is 3.32. The molecule has 0 fully saturated rings. The number of rotatable bonds is 8. The topological polar surface area (TPSA) is 105 Å². The summed E-state index contributed by atoms with van der Waals surface area (Å²) in [5.41, 5.74) is 1.59. The fraction of sp³-hybridized carbons (Fsp3) is 0.167. The Hall–Kier alpha value is -5.19. The summed E-state index contributed by atoms with van der Waals surface area (Å²) in [5.74, 6) is -1.03. The molecule has 0 spiro atoms. The van der Waals surface area contributed by atoms with E-state index in [-0.39, 0.29) is 29.5 Å². The van der Waals surface area contributed by atoms with Crippen LogP contribution in [0.4, 0.5) is 8.78 Å². The molecule has 0 atom stereocenters. The van der Waals surface area contributed by atoms with Crippen molar-refractivity contribution in [3.8, 4) is 28.8 Å². The molecule has 2 aromatic carbocycles. The van der Waals surface area contributed by atoms with Gasteiger partial charge < -0.3 is 14.2 Å². The average molecular weight is 559 g/mol. The highest BCUT2D eigenvalue weighted by atomic mass is 19.1. The molecule has 0 N–H and O–H groups in total. The van der Waals surface area contributed by atoms with Gasteiger partial charge in [-0.15, -0.1) is 0 Å². The summed E-state index contributed by atoms with van der Waals surface area (Å²) in [4.78, 5) is 39.0. The number of aromatic nitrogens is 4. The lowest BCUT2D eigenvalue weighted by Gasteiger charge is -2.14. The zero-order valence-corrected chi connectivity index (χ0v) is 22.6. The molecule has 0 saturated carbocycles. The van der Waals surface area contributed by atoms with E-state index in [1.807, 2.05) is 0 Å². The highest BCUT2D eigenvalue weighted by molar-refractivity contribution is 5.95. The van der Waals surface area contributed by atoms with Gasteiger partial charge in [0.25, 0.3) is 11.4 Å². The van der Waals surface area contributed by atoms with E-state index in [1.54, 1.807) is 19.9 Å². The molecule has 0 unspecified atom stereocenters. The SMILES string of the molecule is COc1cc2nccc(Oc3ccc(CC(=O)c4ncc(C)n(-c5ccc(F)cc5C)c4=O)cc3F)c2nc1OC. The van der Waals surface area contributed by atoms with E-state index >= 15 is 4.39 Å².